The van der Waals surface area contributed by atoms with Crippen LogP contribution in [0.2, 0.25) is 0 Å². The molecule has 0 aliphatic carbocycles. The van der Waals surface area contributed by atoms with Gasteiger partial charge in [-0.25, -0.2) is 14.5 Å². The Morgan fingerprint density at radius 3 is 2.78 bits per heavy atom. The lowest BCUT2D eigenvalue weighted by Gasteiger charge is -2.24. The number of anilines is 1. The van der Waals surface area contributed by atoms with Crippen molar-refractivity contribution in [2.75, 3.05) is 18.4 Å². The predicted molar refractivity (Wildman–Crippen MR) is 126 cm³/mol. The van der Waals surface area contributed by atoms with Gasteiger partial charge in [0.05, 0.1) is 46.7 Å². The highest BCUT2D eigenvalue weighted by Gasteiger charge is 2.17. The van der Waals surface area contributed by atoms with Gasteiger partial charge in [0.2, 0.25) is 0 Å². The number of nitrogens with one attached hydrogen (secondary N) is 2. The normalized spacial score (nSPS) is 15.8. The Kier molecular flexibility index (Phi) is 7.49. The number of rotatable bonds is 4. The van der Waals surface area contributed by atoms with E-state index < -0.39 is 0 Å². The summed E-state index contributed by atoms with van der Waals surface area (Å²) < 4.78 is 5.04. The molecule has 166 valence electrons. The van der Waals surface area contributed by atoms with Crippen molar-refractivity contribution in [2.45, 2.75) is 25.8 Å². The molecule has 0 radical (unpaired) electrons. The maximum Gasteiger partial charge on any atom is 0.165 e. The Bertz CT molecular complexity index is 1160. The van der Waals surface area contributed by atoms with Crippen molar-refractivity contribution < 1.29 is 3.84 Å². The lowest BCUT2D eigenvalue weighted by Crippen LogP contribution is -2.38. The number of hydrogen-bond donors (Lipinski definition) is 2. The molecule has 1 aliphatic rings. The van der Waals surface area contributed by atoms with Gasteiger partial charge < -0.3 is 10.6 Å². The fourth-order valence-electron chi connectivity index (χ4n) is 3.70. The molecule has 1 aliphatic heterocycles. The van der Waals surface area contributed by atoms with Crippen molar-refractivity contribution >= 4 is 35.1 Å². The van der Waals surface area contributed by atoms with Crippen LogP contribution in [0.4, 0.5) is 5.82 Å². The summed E-state index contributed by atoms with van der Waals surface area (Å²) in [6.07, 6.45) is 7.92. The largest absolute Gasteiger partial charge is 0.366 e. The molecule has 5 rings (SSSR count). The lowest BCUT2D eigenvalue weighted by atomic mass is 10.1. The standard InChI is InChI=1S/C22H23N7.Cl2O/c1-15-7-8-16(12-24-15)19-11-21(26-17-5-4-9-23-13-17)28-22(27-19)18-14-25-29-10-3-2-6-20(18)29;1-3-2/h2-3,6-8,10-12,14,17,23H,4-5,9,13H2,1H3,(H,26,27,28);/t17-;/m1./s1. The maximum absolute atomic E-state index is 4.86. The number of fused-ring (bicyclic) bond motifs is 1. The van der Waals surface area contributed by atoms with Crippen LogP contribution in [0.25, 0.3) is 28.2 Å². The monoisotopic (exact) mass is 471 g/mol. The lowest BCUT2D eigenvalue weighted by molar-refractivity contribution is 0.479. The summed E-state index contributed by atoms with van der Waals surface area (Å²) in [5.74, 6) is 1.49. The Morgan fingerprint density at radius 1 is 1.16 bits per heavy atom. The molecule has 4 aromatic heterocycles. The maximum atomic E-state index is 4.86. The van der Waals surface area contributed by atoms with Gasteiger partial charge in [0.15, 0.2) is 5.82 Å². The quantitative estimate of drug-likeness (QED) is 0.448. The molecule has 2 N–H and O–H groups in total. The van der Waals surface area contributed by atoms with E-state index in [1.54, 1.807) is 0 Å². The van der Waals surface area contributed by atoms with E-state index in [0.717, 1.165) is 53.4 Å². The van der Waals surface area contributed by atoms with E-state index in [1.807, 2.05) is 60.4 Å². The van der Waals surface area contributed by atoms with Crippen LogP contribution in [0.1, 0.15) is 18.5 Å². The molecule has 5 heterocycles. The van der Waals surface area contributed by atoms with Crippen LogP contribution in [-0.2, 0) is 3.84 Å². The molecule has 1 atom stereocenters. The summed E-state index contributed by atoms with van der Waals surface area (Å²) in [5, 5.41) is 11.5. The number of aryl methyl sites for hydroxylation is 1. The summed E-state index contributed by atoms with van der Waals surface area (Å²) in [4.78, 5) is 14.1. The van der Waals surface area contributed by atoms with Crippen molar-refractivity contribution in [3.05, 3.63) is 60.7 Å². The summed E-state index contributed by atoms with van der Waals surface area (Å²) in [5.41, 5.74) is 4.70. The smallest absolute Gasteiger partial charge is 0.165 e. The van der Waals surface area contributed by atoms with Crippen molar-refractivity contribution in [3.8, 4) is 22.6 Å². The average Bonchev–Trinajstić information content (AvgIpc) is 3.25. The van der Waals surface area contributed by atoms with E-state index in [0.29, 0.717) is 11.9 Å². The van der Waals surface area contributed by atoms with Crippen molar-refractivity contribution in [2.24, 2.45) is 0 Å². The van der Waals surface area contributed by atoms with E-state index >= 15 is 0 Å². The third kappa shape index (κ3) is 5.34. The number of halogens is 2. The molecule has 0 unspecified atom stereocenters. The minimum absolute atomic E-state index is 0.361. The van der Waals surface area contributed by atoms with Gasteiger partial charge in [-0.15, -0.1) is 0 Å². The first-order valence-electron chi connectivity index (χ1n) is 10.3. The number of hydrogen-bond acceptors (Lipinski definition) is 7. The van der Waals surface area contributed by atoms with Gasteiger partial charge in [-0.3, -0.25) is 4.98 Å². The van der Waals surface area contributed by atoms with Crippen LogP contribution >= 0.6 is 23.7 Å². The fourth-order valence-corrected chi connectivity index (χ4v) is 3.70. The summed E-state index contributed by atoms with van der Waals surface area (Å²) >= 11 is 8.53. The Balaban J connectivity index is 0.000000775. The van der Waals surface area contributed by atoms with E-state index in [4.69, 9.17) is 9.97 Å². The SMILES string of the molecule is Cc1ccc(-c2cc(N[C@@H]3CCCNC3)nc(-c3cnn4ccccc34)n2)cn1.ClOCl. The first-order valence-corrected chi connectivity index (χ1v) is 10.9. The predicted octanol–water partition coefficient (Wildman–Crippen LogP) is 4.64. The number of aromatic nitrogens is 5. The van der Waals surface area contributed by atoms with Gasteiger partial charge >= 0.3 is 0 Å². The Labute approximate surface area is 196 Å². The molecular formula is C22H23Cl2N7O. The van der Waals surface area contributed by atoms with Crippen molar-refractivity contribution in [1.82, 2.24) is 29.9 Å². The molecule has 10 heteroatoms. The van der Waals surface area contributed by atoms with Crippen LogP contribution in [-0.4, -0.2) is 43.7 Å². The molecule has 32 heavy (non-hydrogen) atoms. The van der Waals surface area contributed by atoms with Crippen LogP contribution in [0.3, 0.4) is 0 Å². The molecule has 0 spiro atoms. The van der Waals surface area contributed by atoms with Gasteiger partial charge in [0.25, 0.3) is 0 Å². The summed E-state index contributed by atoms with van der Waals surface area (Å²) in [6, 6.07) is 12.4. The topological polar surface area (TPSA) is 89.3 Å². The Morgan fingerprint density at radius 2 is 2.03 bits per heavy atom. The molecule has 0 bridgehead atoms. The van der Waals surface area contributed by atoms with Crippen molar-refractivity contribution in [3.63, 3.8) is 0 Å². The van der Waals surface area contributed by atoms with Crippen LogP contribution < -0.4 is 10.6 Å². The van der Waals surface area contributed by atoms with Gasteiger partial charge in [0.1, 0.15) is 5.82 Å². The zero-order valence-corrected chi connectivity index (χ0v) is 19.0. The molecule has 0 aromatic carbocycles. The van der Waals surface area contributed by atoms with Crippen LogP contribution in [0, 0.1) is 6.92 Å². The van der Waals surface area contributed by atoms with E-state index in [2.05, 4.69) is 54.4 Å². The average molecular weight is 472 g/mol. The summed E-state index contributed by atoms with van der Waals surface area (Å²) in [6.45, 7) is 4.00. The molecule has 1 fully saturated rings. The van der Waals surface area contributed by atoms with Gasteiger partial charge in [-0.1, -0.05) is 6.07 Å². The highest BCUT2D eigenvalue weighted by Crippen LogP contribution is 2.27. The first kappa shape index (κ1) is 22.4. The zero-order chi connectivity index (χ0) is 22.3. The second kappa shape index (κ2) is 10.7. The fraction of sp³-hybridized carbons (Fsp3) is 0.273. The van der Waals surface area contributed by atoms with Gasteiger partial charge in [-0.05, 0) is 50.6 Å². The molecule has 0 saturated carbocycles. The van der Waals surface area contributed by atoms with E-state index in [-0.39, 0.29) is 0 Å². The molecule has 8 nitrogen and oxygen atoms in total. The highest BCUT2D eigenvalue weighted by molar-refractivity contribution is 6.24. The molecule has 4 aromatic rings. The van der Waals surface area contributed by atoms with E-state index in [1.165, 1.54) is 6.42 Å². The van der Waals surface area contributed by atoms with Crippen LogP contribution in [0.5, 0.6) is 0 Å². The van der Waals surface area contributed by atoms with Crippen LogP contribution in [0.15, 0.2) is 55.0 Å². The number of pyridine rings is 2. The molecule has 1 saturated heterocycles. The van der Waals surface area contributed by atoms with E-state index in [9.17, 15) is 0 Å². The number of nitrogens with zero attached hydrogens (tertiary/aromatic N) is 5. The molecular weight excluding hydrogens is 449 g/mol. The third-order valence-electron chi connectivity index (χ3n) is 5.25. The zero-order valence-electron chi connectivity index (χ0n) is 17.5. The second-order valence-corrected chi connectivity index (χ2v) is 7.95. The summed E-state index contributed by atoms with van der Waals surface area (Å²) in [7, 11) is 0. The minimum atomic E-state index is 0.361. The first-order chi connectivity index (χ1) is 15.7. The van der Waals surface area contributed by atoms with Gasteiger partial charge in [-0.2, -0.15) is 8.94 Å². The van der Waals surface area contributed by atoms with Gasteiger partial charge in [0, 0.05) is 42.3 Å². The second-order valence-electron chi connectivity index (χ2n) is 7.48. The number of piperidine rings is 1. The minimum Gasteiger partial charge on any atom is -0.366 e. The molecule has 0 amide bonds. The van der Waals surface area contributed by atoms with Crippen molar-refractivity contribution in [1.29, 1.82) is 0 Å². The Hall–Kier alpha value is -2.78. The third-order valence-corrected chi connectivity index (χ3v) is 5.25. The highest BCUT2D eigenvalue weighted by atomic mass is 35.6.